The van der Waals surface area contributed by atoms with E-state index >= 15 is 0 Å². The van der Waals surface area contributed by atoms with E-state index in [0.717, 1.165) is 37.7 Å². The Bertz CT molecular complexity index is 378. The van der Waals surface area contributed by atoms with Gasteiger partial charge >= 0.3 is 0 Å². The molecule has 17 heavy (non-hydrogen) atoms. The summed E-state index contributed by atoms with van der Waals surface area (Å²) in [5.74, 6) is -1.20. The van der Waals surface area contributed by atoms with Crippen LogP contribution in [0, 0.1) is 17.6 Å². The lowest BCUT2D eigenvalue weighted by molar-refractivity contribution is 0.0585. The Labute approximate surface area is 99.8 Å². The highest BCUT2D eigenvalue weighted by Gasteiger charge is 2.21. The second-order valence-electron chi connectivity index (χ2n) is 4.57. The maximum Gasteiger partial charge on any atom is 0.159 e. The van der Waals surface area contributed by atoms with E-state index in [1.54, 1.807) is 6.07 Å². The molecule has 0 aromatic heterocycles. The maximum atomic E-state index is 13.0. The van der Waals surface area contributed by atoms with Crippen LogP contribution in [0.2, 0.25) is 0 Å². The second-order valence-corrected chi connectivity index (χ2v) is 4.57. The summed E-state index contributed by atoms with van der Waals surface area (Å²) in [6, 6.07) is 3.97. The van der Waals surface area contributed by atoms with Gasteiger partial charge in [-0.1, -0.05) is 6.07 Å². The summed E-state index contributed by atoms with van der Waals surface area (Å²) >= 11 is 0. The van der Waals surface area contributed by atoms with Crippen molar-refractivity contribution in [2.45, 2.75) is 25.3 Å². The number of halogens is 2. The molecule has 4 heteroatoms. The molecular formula is C13H17F2NO. The third-order valence-corrected chi connectivity index (χ3v) is 3.33. The van der Waals surface area contributed by atoms with Crippen LogP contribution in [0.5, 0.6) is 0 Å². The number of ether oxygens (including phenoxy) is 1. The van der Waals surface area contributed by atoms with Crippen LogP contribution >= 0.6 is 0 Å². The summed E-state index contributed by atoms with van der Waals surface area (Å²) in [6.45, 7) is 1.49. The van der Waals surface area contributed by atoms with Crippen molar-refractivity contribution >= 4 is 0 Å². The topological polar surface area (TPSA) is 35.2 Å². The predicted molar refractivity (Wildman–Crippen MR) is 61.6 cm³/mol. The molecule has 2 N–H and O–H groups in total. The zero-order chi connectivity index (χ0) is 12.3. The number of nitrogens with two attached hydrogens (primary N) is 1. The molecule has 1 aliphatic rings. The molecule has 0 amide bonds. The van der Waals surface area contributed by atoms with Crippen molar-refractivity contribution in [3.63, 3.8) is 0 Å². The van der Waals surface area contributed by atoms with Crippen LogP contribution in [-0.4, -0.2) is 19.3 Å². The fraction of sp³-hybridized carbons (Fsp3) is 0.538. The molecule has 2 nitrogen and oxygen atoms in total. The molecule has 0 bridgehead atoms. The molecule has 0 unspecified atom stereocenters. The third-order valence-electron chi connectivity index (χ3n) is 3.33. The van der Waals surface area contributed by atoms with E-state index in [-0.39, 0.29) is 6.04 Å². The van der Waals surface area contributed by atoms with Crippen molar-refractivity contribution in [2.24, 2.45) is 11.7 Å². The van der Waals surface area contributed by atoms with Gasteiger partial charge in [-0.15, -0.1) is 0 Å². The van der Waals surface area contributed by atoms with E-state index in [1.807, 2.05) is 0 Å². The summed E-state index contributed by atoms with van der Waals surface area (Å²) in [5.41, 5.74) is 6.85. The first-order valence-corrected chi connectivity index (χ1v) is 5.94. The number of hydrogen-bond acceptors (Lipinski definition) is 2. The Kier molecular flexibility index (Phi) is 4.07. The van der Waals surface area contributed by atoms with Gasteiger partial charge in [0.15, 0.2) is 11.6 Å². The first kappa shape index (κ1) is 12.5. The molecule has 1 fully saturated rings. The molecule has 1 saturated heterocycles. The second kappa shape index (κ2) is 5.56. The molecule has 0 spiro atoms. The average molecular weight is 241 g/mol. The minimum absolute atomic E-state index is 0.0104. The quantitative estimate of drug-likeness (QED) is 0.881. The molecule has 0 radical (unpaired) electrons. The minimum atomic E-state index is -0.812. The van der Waals surface area contributed by atoms with E-state index in [4.69, 9.17) is 10.5 Å². The summed E-state index contributed by atoms with van der Waals surface area (Å²) in [6.07, 6.45) is 2.48. The predicted octanol–water partition coefficient (Wildman–Crippen LogP) is 2.26. The van der Waals surface area contributed by atoms with E-state index in [0.29, 0.717) is 12.3 Å². The van der Waals surface area contributed by atoms with Gasteiger partial charge in [-0.3, -0.25) is 0 Å². The smallest absolute Gasteiger partial charge is 0.159 e. The molecule has 1 atom stereocenters. The zero-order valence-corrected chi connectivity index (χ0v) is 9.66. The van der Waals surface area contributed by atoms with E-state index in [1.165, 1.54) is 6.07 Å². The first-order valence-electron chi connectivity index (χ1n) is 5.94. The van der Waals surface area contributed by atoms with Crippen molar-refractivity contribution in [3.05, 3.63) is 35.4 Å². The zero-order valence-electron chi connectivity index (χ0n) is 9.66. The highest BCUT2D eigenvalue weighted by Crippen LogP contribution is 2.20. The van der Waals surface area contributed by atoms with E-state index < -0.39 is 11.6 Å². The Morgan fingerprint density at radius 2 is 1.94 bits per heavy atom. The molecule has 2 rings (SSSR count). The molecule has 0 aliphatic carbocycles. The molecular weight excluding hydrogens is 224 g/mol. The van der Waals surface area contributed by atoms with Gasteiger partial charge in [-0.05, 0) is 42.9 Å². The largest absolute Gasteiger partial charge is 0.381 e. The number of hydrogen-bond donors (Lipinski definition) is 1. The molecule has 1 aromatic carbocycles. The summed E-state index contributed by atoms with van der Waals surface area (Å²) in [7, 11) is 0. The van der Waals surface area contributed by atoms with Crippen LogP contribution in [0.3, 0.4) is 0 Å². The molecule has 1 aromatic rings. The fourth-order valence-corrected chi connectivity index (χ4v) is 2.25. The Morgan fingerprint density at radius 1 is 1.24 bits per heavy atom. The van der Waals surface area contributed by atoms with Crippen LogP contribution in [0.4, 0.5) is 8.78 Å². The first-order chi connectivity index (χ1) is 8.16. The van der Waals surface area contributed by atoms with Gasteiger partial charge in [0, 0.05) is 19.3 Å². The van der Waals surface area contributed by atoms with Crippen LogP contribution in [0.15, 0.2) is 18.2 Å². The lowest BCUT2D eigenvalue weighted by atomic mass is 9.88. The highest BCUT2D eigenvalue weighted by molar-refractivity contribution is 5.19. The SMILES string of the molecule is N[C@H](Cc1ccc(F)c(F)c1)C1CCOCC1. The Balaban J connectivity index is 1.96. The van der Waals surface area contributed by atoms with Gasteiger partial charge in [0.05, 0.1) is 0 Å². The van der Waals surface area contributed by atoms with Crippen molar-refractivity contribution in [2.75, 3.05) is 13.2 Å². The molecule has 1 heterocycles. The summed E-state index contributed by atoms with van der Waals surface area (Å²) in [5, 5.41) is 0. The van der Waals surface area contributed by atoms with Crippen LogP contribution in [-0.2, 0) is 11.2 Å². The van der Waals surface area contributed by atoms with Gasteiger partial charge in [-0.2, -0.15) is 0 Å². The van der Waals surface area contributed by atoms with Gasteiger partial charge in [0.2, 0.25) is 0 Å². The standard InChI is InChI=1S/C13H17F2NO/c14-11-2-1-9(7-12(11)15)8-13(16)10-3-5-17-6-4-10/h1-2,7,10,13H,3-6,8,16H2/t13-/m1/s1. The normalized spacial score (nSPS) is 19.2. The average Bonchev–Trinajstić information content (AvgIpc) is 2.35. The summed E-state index contributed by atoms with van der Waals surface area (Å²) in [4.78, 5) is 0. The monoisotopic (exact) mass is 241 g/mol. The van der Waals surface area contributed by atoms with Gasteiger partial charge < -0.3 is 10.5 Å². The van der Waals surface area contributed by atoms with Crippen molar-refractivity contribution in [1.82, 2.24) is 0 Å². The highest BCUT2D eigenvalue weighted by atomic mass is 19.2. The van der Waals surface area contributed by atoms with Gasteiger partial charge in [0.25, 0.3) is 0 Å². The van der Waals surface area contributed by atoms with E-state index in [2.05, 4.69) is 0 Å². The summed E-state index contributed by atoms with van der Waals surface area (Å²) < 4.78 is 31.1. The molecule has 1 aliphatic heterocycles. The lowest BCUT2D eigenvalue weighted by Gasteiger charge is -2.27. The third kappa shape index (κ3) is 3.23. The van der Waals surface area contributed by atoms with Crippen molar-refractivity contribution < 1.29 is 13.5 Å². The van der Waals surface area contributed by atoms with E-state index in [9.17, 15) is 8.78 Å². The Morgan fingerprint density at radius 3 is 2.59 bits per heavy atom. The van der Waals surface area contributed by atoms with Crippen molar-refractivity contribution in [1.29, 1.82) is 0 Å². The molecule has 94 valence electrons. The van der Waals surface area contributed by atoms with Gasteiger partial charge in [-0.25, -0.2) is 8.78 Å². The van der Waals surface area contributed by atoms with Crippen LogP contribution < -0.4 is 5.73 Å². The van der Waals surface area contributed by atoms with Crippen molar-refractivity contribution in [3.8, 4) is 0 Å². The minimum Gasteiger partial charge on any atom is -0.381 e. The number of rotatable bonds is 3. The van der Waals surface area contributed by atoms with Gasteiger partial charge in [0.1, 0.15) is 0 Å². The number of benzene rings is 1. The van der Waals surface area contributed by atoms with Crippen LogP contribution in [0.1, 0.15) is 18.4 Å². The lowest BCUT2D eigenvalue weighted by Crippen LogP contribution is -2.36. The molecule has 0 saturated carbocycles. The van der Waals surface area contributed by atoms with Crippen LogP contribution in [0.25, 0.3) is 0 Å². The fourth-order valence-electron chi connectivity index (χ4n) is 2.25. The Hall–Kier alpha value is -1.00. The maximum absolute atomic E-state index is 13.0.